The molecule has 6 heterocycles. The number of allylic oxidation sites excluding steroid dienone is 4. The van der Waals surface area contributed by atoms with Gasteiger partial charge in [-0.1, -0.05) is 69.2 Å². The Balaban J connectivity index is 1.87. The average Bonchev–Trinajstić information content (AvgIpc) is 3.93. The van der Waals surface area contributed by atoms with E-state index >= 15 is 0 Å². The lowest BCUT2D eigenvalue weighted by Gasteiger charge is -2.13. The molecule has 6 rings (SSSR count). The van der Waals surface area contributed by atoms with E-state index in [2.05, 4.69) is 109 Å². The van der Waals surface area contributed by atoms with Gasteiger partial charge in [-0.05, 0) is 138 Å². The van der Waals surface area contributed by atoms with Gasteiger partial charge in [0, 0.05) is 45.9 Å². The Labute approximate surface area is 300 Å². The van der Waals surface area contributed by atoms with Crippen molar-refractivity contribution < 1.29 is 0 Å². The van der Waals surface area contributed by atoms with Crippen LogP contribution in [0, 0.1) is 0 Å². The summed E-state index contributed by atoms with van der Waals surface area (Å²) >= 11 is 0. The zero-order valence-electron chi connectivity index (χ0n) is 32.5. The molecule has 5 heteroatoms. The monoisotopic (exact) mass is 669 g/mol. The van der Waals surface area contributed by atoms with Gasteiger partial charge >= 0.3 is 0 Å². The third-order valence-electron chi connectivity index (χ3n) is 11.5. The molecule has 3 N–H and O–H groups in total. The third kappa shape index (κ3) is 5.91. The lowest BCUT2D eigenvalue weighted by Crippen LogP contribution is -2.03. The summed E-state index contributed by atoms with van der Waals surface area (Å²) in [6.45, 7) is 22.9. The second-order valence-corrected chi connectivity index (χ2v) is 13.8. The third-order valence-corrected chi connectivity index (χ3v) is 11.5. The number of hydrogen-bond donors (Lipinski definition) is 3. The first-order valence-electron chi connectivity index (χ1n) is 19.8. The highest BCUT2D eigenvalue weighted by molar-refractivity contribution is 5.98. The SMILES string of the molecule is CCC1=C(CC)c2nc1cc1[nH]c(cc3[nH]c(cc4nc(c2Cc2[nH]cc(CC)c2CC)C(CC)=C4CC)c(CC)c3CC)c(CC)c1CC. The molecule has 0 saturated heterocycles. The molecule has 264 valence electrons. The molecule has 0 radical (unpaired) electrons. The molecule has 0 aromatic carbocycles. The summed E-state index contributed by atoms with van der Waals surface area (Å²) in [7, 11) is 0. The molecule has 2 aliphatic rings. The van der Waals surface area contributed by atoms with Crippen LogP contribution in [0.4, 0.5) is 0 Å². The van der Waals surface area contributed by atoms with Crippen molar-refractivity contribution in [1.29, 1.82) is 0 Å². The van der Waals surface area contributed by atoms with E-state index in [-0.39, 0.29) is 0 Å². The van der Waals surface area contributed by atoms with E-state index in [0.29, 0.717) is 0 Å². The normalized spacial score (nSPS) is 13.3. The molecule has 4 aromatic heterocycles. The summed E-state index contributed by atoms with van der Waals surface area (Å²) in [5.74, 6) is 0. The lowest BCUT2D eigenvalue weighted by atomic mass is 9.91. The molecule has 0 saturated carbocycles. The Morgan fingerprint density at radius 1 is 0.420 bits per heavy atom. The van der Waals surface area contributed by atoms with Crippen molar-refractivity contribution in [1.82, 2.24) is 24.9 Å². The smallest absolute Gasteiger partial charge is 0.0730 e. The maximum atomic E-state index is 5.64. The van der Waals surface area contributed by atoms with Gasteiger partial charge in [0.25, 0.3) is 0 Å². The molecule has 0 fully saturated rings. The quantitative estimate of drug-likeness (QED) is 0.140. The fourth-order valence-corrected chi connectivity index (χ4v) is 9.07. The van der Waals surface area contributed by atoms with Crippen LogP contribution in [0.3, 0.4) is 0 Å². The molecule has 8 bridgehead atoms. The van der Waals surface area contributed by atoms with Crippen molar-refractivity contribution in [3.63, 3.8) is 0 Å². The summed E-state index contributed by atoms with van der Waals surface area (Å²) in [6.07, 6.45) is 12.7. The Bertz CT molecular complexity index is 2020. The van der Waals surface area contributed by atoms with Crippen LogP contribution in [-0.4, -0.2) is 24.9 Å². The Morgan fingerprint density at radius 2 is 0.820 bits per heavy atom. The summed E-state index contributed by atoms with van der Waals surface area (Å²) in [4.78, 5) is 22.8. The van der Waals surface area contributed by atoms with Crippen LogP contribution in [0.2, 0.25) is 0 Å². The Kier molecular flexibility index (Phi) is 10.7. The average molecular weight is 670 g/mol. The molecule has 0 atom stereocenters. The van der Waals surface area contributed by atoms with Gasteiger partial charge in [0.05, 0.1) is 22.8 Å². The number of H-pyrrole nitrogens is 3. The van der Waals surface area contributed by atoms with E-state index in [1.165, 1.54) is 89.0 Å². The first kappa shape index (κ1) is 35.7. The standard InChI is InChI=1S/C45H59N5/c1-11-26-25-46-37(27(26)12-2)21-36-44-34(19-9)32(17-7)42(49-44)23-40-30(15-5)28(13-3)38(47-40)22-39-29(14-4)31(16-6)41(48-39)24-43-33(18-8)35(20-10)45(36)50-43/h22-25,46-48H,11-21H2,1-10H3. The Morgan fingerprint density at radius 3 is 1.18 bits per heavy atom. The molecule has 0 spiro atoms. The minimum Gasteiger partial charge on any atom is -0.364 e. The molecule has 50 heavy (non-hydrogen) atoms. The molecular formula is C45H59N5. The van der Waals surface area contributed by atoms with Crippen molar-refractivity contribution in [2.75, 3.05) is 0 Å². The topological polar surface area (TPSA) is 73.2 Å². The fraction of sp³-hybridized carbons (Fsp3) is 0.467. The molecular weight excluding hydrogens is 611 g/mol. The number of aryl methyl sites for hydroxylation is 5. The largest absolute Gasteiger partial charge is 0.364 e. The van der Waals surface area contributed by atoms with Gasteiger partial charge in [0.1, 0.15) is 0 Å². The van der Waals surface area contributed by atoms with Crippen LogP contribution in [0.1, 0.15) is 162 Å². The first-order valence-corrected chi connectivity index (χ1v) is 19.8. The maximum absolute atomic E-state index is 5.64. The number of nitrogens with zero attached hydrogens (tertiary/aromatic N) is 2. The molecule has 0 unspecified atom stereocenters. The van der Waals surface area contributed by atoms with Crippen molar-refractivity contribution in [3.8, 4) is 0 Å². The van der Waals surface area contributed by atoms with Crippen molar-refractivity contribution >= 4 is 44.4 Å². The minimum absolute atomic E-state index is 0.789. The summed E-state index contributed by atoms with van der Waals surface area (Å²) in [6, 6.07) is 7.09. The second kappa shape index (κ2) is 15.0. The van der Waals surface area contributed by atoms with Gasteiger partial charge in [-0.3, -0.25) is 0 Å². The summed E-state index contributed by atoms with van der Waals surface area (Å²) < 4.78 is 0. The second-order valence-electron chi connectivity index (χ2n) is 13.8. The van der Waals surface area contributed by atoms with Crippen molar-refractivity contribution in [2.24, 2.45) is 0 Å². The van der Waals surface area contributed by atoms with Gasteiger partial charge in [-0.2, -0.15) is 0 Å². The first-order chi connectivity index (χ1) is 24.3. The van der Waals surface area contributed by atoms with E-state index < -0.39 is 0 Å². The predicted molar refractivity (Wildman–Crippen MR) is 216 cm³/mol. The Hall–Kier alpha value is -4.12. The van der Waals surface area contributed by atoms with E-state index in [1.807, 2.05) is 0 Å². The van der Waals surface area contributed by atoms with Crippen molar-refractivity contribution in [3.05, 3.63) is 91.8 Å². The molecule has 0 amide bonds. The number of nitrogens with one attached hydrogen (secondary N) is 3. The lowest BCUT2D eigenvalue weighted by molar-refractivity contribution is 0.986. The van der Waals surface area contributed by atoms with Gasteiger partial charge in [0.2, 0.25) is 0 Å². The molecule has 2 aliphatic heterocycles. The summed E-state index contributed by atoms with van der Waals surface area (Å²) in [5, 5.41) is 0. The summed E-state index contributed by atoms with van der Waals surface area (Å²) in [5.41, 5.74) is 25.8. The van der Waals surface area contributed by atoms with Crippen molar-refractivity contribution in [2.45, 2.75) is 140 Å². The fourth-order valence-electron chi connectivity index (χ4n) is 9.07. The zero-order chi connectivity index (χ0) is 35.7. The van der Waals surface area contributed by atoms with Crippen LogP contribution >= 0.6 is 0 Å². The maximum Gasteiger partial charge on any atom is 0.0730 e. The predicted octanol–water partition coefficient (Wildman–Crippen LogP) is 12.1. The zero-order valence-corrected chi connectivity index (χ0v) is 32.5. The highest BCUT2D eigenvalue weighted by Gasteiger charge is 2.28. The number of hydrogen-bond acceptors (Lipinski definition) is 2. The van der Waals surface area contributed by atoms with E-state index in [0.717, 1.165) is 93.4 Å². The van der Waals surface area contributed by atoms with Crippen LogP contribution < -0.4 is 0 Å². The van der Waals surface area contributed by atoms with Gasteiger partial charge in [0.15, 0.2) is 0 Å². The number of rotatable bonds is 12. The minimum atomic E-state index is 0.789. The molecule has 0 aliphatic carbocycles. The highest BCUT2D eigenvalue weighted by atomic mass is 14.8. The van der Waals surface area contributed by atoms with E-state index in [1.54, 1.807) is 0 Å². The van der Waals surface area contributed by atoms with Crippen LogP contribution in [-0.2, 0) is 44.9 Å². The highest BCUT2D eigenvalue weighted by Crippen LogP contribution is 2.43. The van der Waals surface area contributed by atoms with Gasteiger partial charge < -0.3 is 15.0 Å². The molecule has 5 nitrogen and oxygen atoms in total. The van der Waals surface area contributed by atoms with E-state index in [4.69, 9.17) is 9.97 Å². The van der Waals surface area contributed by atoms with Crippen LogP contribution in [0.15, 0.2) is 24.4 Å². The van der Waals surface area contributed by atoms with Crippen LogP contribution in [0.25, 0.3) is 44.4 Å². The molecule has 4 aromatic rings. The van der Waals surface area contributed by atoms with E-state index in [9.17, 15) is 0 Å². The van der Waals surface area contributed by atoms with Gasteiger partial charge in [-0.25, -0.2) is 9.97 Å². The number of aromatic nitrogens is 5. The van der Waals surface area contributed by atoms with Gasteiger partial charge in [-0.15, -0.1) is 0 Å². The number of fused-ring (bicyclic) bond motifs is 8. The van der Waals surface area contributed by atoms with Crippen LogP contribution in [0.5, 0.6) is 0 Å². The number of aromatic amines is 3.